The highest BCUT2D eigenvalue weighted by atomic mass is 32.2. The zero-order chi connectivity index (χ0) is 23.6. The van der Waals surface area contributed by atoms with E-state index in [-0.39, 0.29) is 16.5 Å². The van der Waals surface area contributed by atoms with Crippen LogP contribution in [-0.2, 0) is 10.0 Å². The highest BCUT2D eigenvalue weighted by molar-refractivity contribution is 7.89. The van der Waals surface area contributed by atoms with Crippen molar-refractivity contribution in [3.05, 3.63) is 64.2 Å². The smallest absolute Gasteiger partial charge is 0.293 e. The molecule has 178 valence electrons. The molecule has 2 aliphatic rings. The molecule has 0 unspecified atom stereocenters. The average molecular weight is 474 g/mol. The molecule has 2 aliphatic heterocycles. The topological polar surface area (TPSA) is 104 Å². The lowest BCUT2D eigenvalue weighted by Gasteiger charge is -2.35. The number of nitro groups is 1. The Bertz CT molecular complexity index is 1080. The second-order valence-electron chi connectivity index (χ2n) is 9.17. The minimum absolute atomic E-state index is 0.0260. The first-order valence-electron chi connectivity index (χ1n) is 11.5. The van der Waals surface area contributed by atoms with Crippen molar-refractivity contribution in [2.24, 2.45) is 11.8 Å². The van der Waals surface area contributed by atoms with Crippen molar-refractivity contribution in [1.29, 1.82) is 0 Å². The summed E-state index contributed by atoms with van der Waals surface area (Å²) in [6, 6.07) is 13.8. The second kappa shape index (κ2) is 9.79. The van der Waals surface area contributed by atoms with Gasteiger partial charge in [0.15, 0.2) is 0 Å². The summed E-state index contributed by atoms with van der Waals surface area (Å²) in [6.07, 6.45) is 2.41. The van der Waals surface area contributed by atoms with E-state index < -0.39 is 21.1 Å². The zero-order valence-electron chi connectivity index (χ0n) is 18.8. The standard InChI is InChI=1S/C24H31N3O5S/c1-18-9-15-26(16-10-18)33(31,32)21-7-8-22(23(17-21)27(29)30)25-13-11-20(12-14-25)24(28)19-5-3-2-4-6-19/h2-8,17-18,20,24,28H,9-16H2,1H3/t24-/m0/s1. The van der Waals surface area contributed by atoms with Crippen LogP contribution in [0.25, 0.3) is 0 Å². The van der Waals surface area contributed by atoms with E-state index in [9.17, 15) is 23.6 Å². The molecule has 1 atom stereocenters. The van der Waals surface area contributed by atoms with E-state index in [1.165, 1.54) is 16.4 Å². The number of hydrogen-bond acceptors (Lipinski definition) is 6. The molecule has 0 amide bonds. The van der Waals surface area contributed by atoms with Crippen LogP contribution in [0.4, 0.5) is 11.4 Å². The maximum atomic E-state index is 13.1. The van der Waals surface area contributed by atoms with Crippen LogP contribution in [0.5, 0.6) is 0 Å². The number of piperidine rings is 2. The molecule has 0 radical (unpaired) electrons. The van der Waals surface area contributed by atoms with Crippen molar-refractivity contribution >= 4 is 21.4 Å². The SMILES string of the molecule is CC1CCN(S(=O)(=O)c2ccc(N3CCC([C@@H](O)c4ccccc4)CC3)c([N+](=O)[O-])c2)CC1. The van der Waals surface area contributed by atoms with Gasteiger partial charge in [0.2, 0.25) is 10.0 Å². The van der Waals surface area contributed by atoms with Gasteiger partial charge < -0.3 is 10.0 Å². The summed E-state index contributed by atoms with van der Waals surface area (Å²) in [7, 11) is -3.76. The van der Waals surface area contributed by atoms with Gasteiger partial charge in [0, 0.05) is 32.2 Å². The summed E-state index contributed by atoms with van der Waals surface area (Å²) in [5.41, 5.74) is 1.12. The Kier molecular flexibility index (Phi) is 7.02. The van der Waals surface area contributed by atoms with E-state index in [1.54, 1.807) is 6.07 Å². The van der Waals surface area contributed by atoms with Crippen molar-refractivity contribution in [2.75, 3.05) is 31.1 Å². The van der Waals surface area contributed by atoms with Gasteiger partial charge in [-0.3, -0.25) is 10.1 Å². The molecule has 0 aliphatic carbocycles. The maximum Gasteiger partial charge on any atom is 0.293 e. The van der Waals surface area contributed by atoms with Crippen LogP contribution in [0, 0.1) is 22.0 Å². The monoisotopic (exact) mass is 473 g/mol. The molecule has 0 aromatic heterocycles. The Balaban J connectivity index is 1.50. The van der Waals surface area contributed by atoms with E-state index in [4.69, 9.17) is 0 Å². The van der Waals surface area contributed by atoms with Crippen molar-refractivity contribution in [3.63, 3.8) is 0 Å². The number of hydrogen-bond donors (Lipinski definition) is 1. The molecule has 2 aromatic rings. The molecular formula is C24H31N3O5S. The minimum Gasteiger partial charge on any atom is -0.388 e. The number of aliphatic hydroxyl groups excluding tert-OH is 1. The molecule has 4 rings (SSSR count). The third-order valence-electron chi connectivity index (χ3n) is 6.99. The predicted octanol–water partition coefficient (Wildman–Crippen LogP) is 3.97. The molecule has 1 N–H and O–H groups in total. The molecule has 0 saturated carbocycles. The molecule has 0 spiro atoms. The Hall–Kier alpha value is -2.49. The molecule has 9 heteroatoms. The van der Waals surface area contributed by atoms with Crippen LogP contribution in [0.3, 0.4) is 0 Å². The van der Waals surface area contributed by atoms with E-state index in [1.807, 2.05) is 35.2 Å². The summed E-state index contributed by atoms with van der Waals surface area (Å²) in [5.74, 6) is 0.556. The molecule has 33 heavy (non-hydrogen) atoms. The van der Waals surface area contributed by atoms with Crippen LogP contribution >= 0.6 is 0 Å². The fourth-order valence-electron chi connectivity index (χ4n) is 4.83. The van der Waals surface area contributed by atoms with Crippen molar-refractivity contribution < 1.29 is 18.4 Å². The number of rotatable bonds is 6. The predicted molar refractivity (Wildman–Crippen MR) is 127 cm³/mol. The van der Waals surface area contributed by atoms with Crippen LogP contribution in [0.15, 0.2) is 53.4 Å². The van der Waals surface area contributed by atoms with E-state index >= 15 is 0 Å². The van der Waals surface area contributed by atoms with E-state index in [2.05, 4.69) is 6.92 Å². The van der Waals surface area contributed by atoms with Gasteiger partial charge >= 0.3 is 0 Å². The summed E-state index contributed by atoms with van der Waals surface area (Å²) < 4.78 is 27.6. The fraction of sp³-hybridized carbons (Fsp3) is 0.500. The number of sulfonamides is 1. The lowest BCUT2D eigenvalue weighted by Crippen LogP contribution is -2.38. The first kappa shape index (κ1) is 23.7. The summed E-state index contributed by atoms with van der Waals surface area (Å²) in [6.45, 7) is 4.11. The average Bonchev–Trinajstić information content (AvgIpc) is 2.84. The van der Waals surface area contributed by atoms with E-state index in [0.717, 1.165) is 18.4 Å². The van der Waals surface area contributed by atoms with Crippen molar-refractivity contribution in [2.45, 2.75) is 43.6 Å². The van der Waals surface area contributed by atoms with Crippen molar-refractivity contribution in [3.8, 4) is 0 Å². The molecule has 8 nitrogen and oxygen atoms in total. The number of nitro benzene ring substituents is 1. The molecular weight excluding hydrogens is 442 g/mol. The molecule has 2 fully saturated rings. The zero-order valence-corrected chi connectivity index (χ0v) is 19.7. The normalized spacial score (nSPS) is 20.0. The third kappa shape index (κ3) is 5.05. The maximum absolute atomic E-state index is 13.1. The highest BCUT2D eigenvalue weighted by Crippen LogP contribution is 2.37. The lowest BCUT2D eigenvalue weighted by atomic mass is 9.87. The molecule has 2 heterocycles. The summed E-state index contributed by atoms with van der Waals surface area (Å²) in [5, 5.41) is 22.6. The Morgan fingerprint density at radius 3 is 2.24 bits per heavy atom. The number of aliphatic hydroxyl groups is 1. The first-order chi connectivity index (χ1) is 15.8. The van der Waals surface area contributed by atoms with Crippen molar-refractivity contribution in [1.82, 2.24) is 4.31 Å². The Morgan fingerprint density at radius 2 is 1.64 bits per heavy atom. The Morgan fingerprint density at radius 1 is 1.00 bits per heavy atom. The van der Waals surface area contributed by atoms with Gasteiger partial charge in [-0.25, -0.2) is 8.42 Å². The Labute approximate surface area is 195 Å². The molecule has 2 saturated heterocycles. The highest BCUT2D eigenvalue weighted by Gasteiger charge is 2.33. The largest absolute Gasteiger partial charge is 0.388 e. The van der Waals surface area contributed by atoms with Crippen LogP contribution in [0.2, 0.25) is 0 Å². The fourth-order valence-corrected chi connectivity index (χ4v) is 6.32. The summed E-state index contributed by atoms with van der Waals surface area (Å²) in [4.78, 5) is 13.2. The van der Waals surface area contributed by atoms with Gasteiger partial charge in [0.25, 0.3) is 5.69 Å². The number of benzene rings is 2. The van der Waals surface area contributed by atoms with E-state index in [0.29, 0.717) is 50.6 Å². The van der Waals surface area contributed by atoms with Gasteiger partial charge in [-0.15, -0.1) is 0 Å². The lowest BCUT2D eigenvalue weighted by molar-refractivity contribution is -0.384. The van der Waals surface area contributed by atoms with Gasteiger partial charge in [0.1, 0.15) is 5.69 Å². The van der Waals surface area contributed by atoms with Crippen LogP contribution < -0.4 is 4.90 Å². The quantitative estimate of drug-likeness (QED) is 0.503. The van der Waals surface area contributed by atoms with Gasteiger partial charge in [-0.1, -0.05) is 37.3 Å². The summed E-state index contributed by atoms with van der Waals surface area (Å²) >= 11 is 0. The van der Waals surface area contributed by atoms with Crippen LogP contribution in [-0.4, -0.2) is 48.9 Å². The first-order valence-corrected chi connectivity index (χ1v) is 13.0. The van der Waals surface area contributed by atoms with Gasteiger partial charge in [-0.2, -0.15) is 4.31 Å². The van der Waals surface area contributed by atoms with Gasteiger partial charge in [-0.05, 0) is 55.2 Å². The number of anilines is 1. The second-order valence-corrected chi connectivity index (χ2v) is 11.1. The molecule has 2 aromatic carbocycles. The van der Waals surface area contributed by atoms with Crippen LogP contribution in [0.1, 0.15) is 44.3 Å². The molecule has 0 bridgehead atoms. The third-order valence-corrected chi connectivity index (χ3v) is 8.89. The number of nitrogens with zero attached hydrogens (tertiary/aromatic N) is 3. The minimum atomic E-state index is -3.76. The van der Waals surface area contributed by atoms with Gasteiger partial charge in [0.05, 0.1) is 15.9 Å².